The third kappa shape index (κ3) is 16.8. The summed E-state index contributed by atoms with van der Waals surface area (Å²) < 4.78 is 0. The monoisotopic (exact) mass is 562 g/mol. The van der Waals surface area contributed by atoms with E-state index in [0.29, 0.717) is 0 Å². The van der Waals surface area contributed by atoms with Crippen molar-refractivity contribution in [3.05, 3.63) is 0 Å². The average Bonchev–Trinajstić information content (AvgIpc) is 2.97. The SMILES string of the molecule is [B][B]B([B])B([B]C([B]B(B([B])[B])B([B][B])B([B])[B])([B]B(B([B])[B])B(B([B])[B])B([B])[B])[B]B(B([B])B([B])[B])B(B([B])[B])B([B])[B])B(B([B])[B])B([B])[B]. The standard InChI is InChI=1S/CB50/c2-30-42(24)46(50(38(16)17)39(18)19)28-1(26-44(33(6)7)48(31-3)35(10)11,27-45(34(8)9)49(36(12)13)37(14)15)29-47(43(25)32(4)5)51(40(20)21)41(22)23. The molecule has 0 amide bonds. The van der Waals surface area contributed by atoms with Crippen LogP contribution in [-0.4, -0.2) is 356 Å². The van der Waals surface area contributed by atoms with E-state index in [9.17, 15) is 0 Å². The molecule has 0 aromatic heterocycles. The van der Waals surface area contributed by atoms with Crippen molar-refractivity contribution in [2.24, 2.45) is 0 Å². The van der Waals surface area contributed by atoms with Gasteiger partial charge in [0.2, 0.25) is 0 Å². The van der Waals surface area contributed by atoms with E-state index >= 15 is 0 Å². The lowest BCUT2D eigenvalue weighted by Crippen LogP contribution is -2.80. The fourth-order valence-corrected chi connectivity index (χ4v) is 6.79. The van der Waals surface area contributed by atoms with Crippen LogP contribution in [0.25, 0.3) is 0 Å². The average molecular weight is 553 g/mol. The highest BCUT2D eigenvalue weighted by atomic mass is 13.7. The van der Waals surface area contributed by atoms with E-state index in [-0.39, 0.29) is 0 Å². The van der Waals surface area contributed by atoms with Gasteiger partial charge < -0.3 is 0 Å². The lowest BCUT2D eigenvalue weighted by molar-refractivity contribution is 1.65. The molecule has 0 aliphatic carbocycles. The van der Waals surface area contributed by atoms with Crippen LogP contribution in [0.4, 0.5) is 0 Å². The quantitative estimate of drug-likeness (QED) is 0.0937. The van der Waals surface area contributed by atoms with Crippen molar-refractivity contribution in [3.63, 3.8) is 0 Å². The summed E-state index contributed by atoms with van der Waals surface area (Å²) in [6.07, 6.45) is -21.7. The van der Waals surface area contributed by atoms with Crippen molar-refractivity contribution >= 4 is 356 Å². The van der Waals surface area contributed by atoms with E-state index in [1.807, 2.05) is 0 Å². The number of hydrogen-bond donors (Lipinski definition) is 0. The smallest absolute Gasteiger partial charge is 0.0319 e. The predicted octanol–water partition coefficient (Wildman–Crippen LogP) is -18.8. The Morgan fingerprint density at radius 3 is 0.863 bits per heavy atom. The molecule has 0 aliphatic rings. The van der Waals surface area contributed by atoms with Crippen LogP contribution in [0.3, 0.4) is 0 Å². The van der Waals surface area contributed by atoms with Gasteiger partial charge in [0.1, 0.15) is 0 Å². The first-order chi connectivity index (χ1) is 23.3. The molecule has 154 valence electrons. The molecule has 0 saturated carbocycles. The minimum absolute atomic E-state index is 0.875. The summed E-state index contributed by atoms with van der Waals surface area (Å²) in [5, 5.41) is -1.70. The highest BCUT2D eigenvalue weighted by Gasteiger charge is 2.51. The van der Waals surface area contributed by atoms with Crippen LogP contribution in [0, 0.1) is 0 Å². The highest BCUT2D eigenvalue weighted by molar-refractivity contribution is 8.13. The van der Waals surface area contributed by atoms with Gasteiger partial charge in [-0.2, -0.15) is 5.01 Å². The van der Waals surface area contributed by atoms with Crippen molar-refractivity contribution in [2.75, 3.05) is 0 Å². The molecule has 0 heterocycles. The molecular weight excluding hydrogens is 553 g/mol. The van der Waals surface area contributed by atoms with Crippen LogP contribution in [0.1, 0.15) is 0 Å². The Labute approximate surface area is 358 Å². The third-order valence-electron chi connectivity index (χ3n) is 9.48. The molecule has 0 rings (SSSR count). The molecule has 51 heavy (non-hydrogen) atoms. The summed E-state index contributed by atoms with van der Waals surface area (Å²) in [5.74, 6) is 0. The Morgan fingerprint density at radius 2 is 0.569 bits per heavy atom. The summed E-state index contributed by atoms with van der Waals surface area (Å²) in [6, 6.07) is 0. The van der Waals surface area contributed by atoms with E-state index in [2.05, 4.69) is 0 Å². The minimum atomic E-state index is -1.70. The zero-order valence-electron chi connectivity index (χ0n) is 29.4. The summed E-state index contributed by atoms with van der Waals surface area (Å²) in [4.78, 5) is 0. The molecule has 0 N–H and O–H groups in total. The second-order valence-electron chi connectivity index (χ2n) is 13.6. The number of hydrogen-bond acceptors (Lipinski definition) is 0. The van der Waals surface area contributed by atoms with Crippen molar-refractivity contribution in [2.45, 2.75) is 5.01 Å². The maximum atomic E-state index is 6.67. The van der Waals surface area contributed by atoms with Crippen molar-refractivity contribution < 1.29 is 0 Å². The van der Waals surface area contributed by atoms with E-state index in [1.54, 1.807) is 28.7 Å². The first-order valence-electron chi connectivity index (χ1n) is 16.5. The molecule has 0 aliphatic heterocycles. The van der Waals surface area contributed by atoms with E-state index in [1.165, 1.54) is 14.1 Å². The molecule has 0 spiro atoms. The molecule has 0 nitrogen and oxygen atoms in total. The van der Waals surface area contributed by atoms with Gasteiger partial charge in [-0.25, -0.2) is 0 Å². The van der Waals surface area contributed by atoms with Gasteiger partial charge >= 0.3 is 0 Å². The van der Waals surface area contributed by atoms with Gasteiger partial charge in [0.15, 0.2) is 0 Å². The van der Waals surface area contributed by atoms with Crippen molar-refractivity contribution in [3.8, 4) is 0 Å². The summed E-state index contributed by atoms with van der Waals surface area (Å²) in [6.45, 7) is 0. The molecule has 1 atom stereocenters. The Morgan fingerprint density at radius 1 is 0.275 bits per heavy atom. The van der Waals surface area contributed by atoms with Crippen molar-refractivity contribution in [1.82, 2.24) is 0 Å². The molecule has 54 radical (unpaired) electrons. The molecule has 0 bridgehead atoms. The van der Waals surface area contributed by atoms with Crippen LogP contribution >= 0.6 is 0 Å². The summed E-state index contributed by atoms with van der Waals surface area (Å²) in [5.41, 5.74) is 0. The summed E-state index contributed by atoms with van der Waals surface area (Å²) in [7, 11) is 159. The zero-order valence-corrected chi connectivity index (χ0v) is 29.4. The normalized spacial score (nSPS) is 10.8. The lowest BCUT2D eigenvalue weighted by atomic mass is 8.43. The van der Waals surface area contributed by atoms with E-state index in [0.717, 1.165) is 0 Å². The van der Waals surface area contributed by atoms with Crippen LogP contribution < -0.4 is 0 Å². The van der Waals surface area contributed by atoms with Gasteiger partial charge in [0.05, 0.1) is 0 Å². The molecule has 0 aromatic carbocycles. The van der Waals surface area contributed by atoms with Gasteiger partial charge in [-0.05, 0) is 0 Å². The van der Waals surface area contributed by atoms with Gasteiger partial charge in [-0.15, -0.1) is 0 Å². The van der Waals surface area contributed by atoms with E-state index in [4.69, 9.17) is 186 Å². The molecule has 0 aromatic rings. The largest absolute Gasteiger partial charge is 0.166 e. The lowest BCUT2D eigenvalue weighted by Gasteiger charge is -2.51. The Hall–Kier alpha value is 3.25. The number of rotatable bonds is 26. The van der Waals surface area contributed by atoms with Crippen LogP contribution in [0.15, 0.2) is 0 Å². The first kappa shape index (κ1) is 54.2. The van der Waals surface area contributed by atoms with Crippen LogP contribution in [0.5, 0.6) is 0 Å². The van der Waals surface area contributed by atoms with Gasteiger partial charge in [0.25, 0.3) is 0 Å². The molecular formula is CB50. The third-order valence-corrected chi connectivity index (χ3v) is 9.48. The second kappa shape index (κ2) is 25.7. The molecule has 0 saturated heterocycles. The maximum absolute atomic E-state index is 6.67. The van der Waals surface area contributed by atoms with Crippen molar-refractivity contribution in [1.29, 1.82) is 0 Å². The molecule has 0 fully saturated rings. The molecule has 50 heteroatoms. The maximum Gasteiger partial charge on any atom is 0.0319 e. The topological polar surface area (TPSA) is 0 Å². The Kier molecular flexibility index (Phi) is 27.3. The second-order valence-corrected chi connectivity index (χ2v) is 13.6. The molecule has 1 unspecified atom stereocenters. The highest BCUT2D eigenvalue weighted by Crippen LogP contribution is 2.28. The van der Waals surface area contributed by atoms with Gasteiger partial charge in [-0.3, -0.25) is 0 Å². The van der Waals surface area contributed by atoms with Crippen LogP contribution in [-0.2, 0) is 0 Å². The Bertz CT molecular complexity index is 852. The van der Waals surface area contributed by atoms with Gasteiger partial charge in [0, 0.05) is 356 Å². The summed E-state index contributed by atoms with van der Waals surface area (Å²) >= 11 is 0. The first-order valence-corrected chi connectivity index (χ1v) is 16.5. The zero-order chi connectivity index (χ0) is 40.3. The van der Waals surface area contributed by atoms with Gasteiger partial charge in [-0.1, -0.05) is 0 Å². The predicted molar refractivity (Wildman–Crippen MR) is 290 cm³/mol. The van der Waals surface area contributed by atoms with Crippen LogP contribution in [0.2, 0.25) is 5.01 Å². The Balaban J connectivity index is 8.56. The van der Waals surface area contributed by atoms with E-state index < -0.39 is 133 Å². The fraction of sp³-hybridized carbons (Fsp3) is 1.00. The minimum Gasteiger partial charge on any atom is -0.166 e. The fourth-order valence-electron chi connectivity index (χ4n) is 6.79.